The Morgan fingerprint density at radius 1 is 1.22 bits per heavy atom. The number of hydrogen-bond donors (Lipinski definition) is 1. The number of ether oxygens (including phenoxy) is 1. The molecule has 0 aliphatic carbocycles. The molecule has 1 aliphatic rings. The molecule has 4 aromatic rings. The number of amides is 1. The molecule has 7 nitrogen and oxygen atoms in total. The molecule has 1 atom stereocenters. The van der Waals surface area contributed by atoms with E-state index < -0.39 is 11.7 Å². The summed E-state index contributed by atoms with van der Waals surface area (Å²) in [6.45, 7) is 2.76. The molecule has 164 valence electrons. The van der Waals surface area contributed by atoms with Crippen LogP contribution in [0.2, 0.25) is 0 Å². The minimum Gasteiger partial charge on any atom is -0.448 e. The molecular weight excluding hydrogens is 413 g/mol. The quantitative estimate of drug-likeness (QED) is 0.513. The number of aromatic amines is 1. The summed E-state index contributed by atoms with van der Waals surface area (Å²) in [7, 11) is 0. The van der Waals surface area contributed by atoms with Crippen LogP contribution in [0.25, 0.3) is 21.9 Å². The number of furan rings is 1. The lowest BCUT2D eigenvalue weighted by Crippen LogP contribution is -2.38. The van der Waals surface area contributed by atoms with Crippen LogP contribution >= 0.6 is 0 Å². The number of hydrogen-bond acceptors (Lipinski definition) is 5. The molecule has 2 aromatic heterocycles. The average molecular weight is 435 g/mol. The number of nitrogens with zero attached hydrogens (tertiary/aromatic N) is 2. The van der Waals surface area contributed by atoms with E-state index in [1.54, 1.807) is 48.2 Å². The molecule has 2 aromatic carbocycles. The van der Waals surface area contributed by atoms with Gasteiger partial charge in [-0.15, -0.1) is 0 Å². The first-order valence-electron chi connectivity index (χ1n) is 10.6. The summed E-state index contributed by atoms with van der Waals surface area (Å²) < 4.78 is 25.6. The Morgan fingerprint density at radius 3 is 2.81 bits per heavy atom. The molecule has 3 heterocycles. The predicted molar refractivity (Wildman–Crippen MR) is 117 cm³/mol. The number of benzene rings is 2. The molecule has 0 radical (unpaired) electrons. The lowest BCUT2D eigenvalue weighted by molar-refractivity contribution is 0.0478. The van der Waals surface area contributed by atoms with Gasteiger partial charge in [0.05, 0.1) is 23.6 Å². The van der Waals surface area contributed by atoms with E-state index >= 15 is 0 Å². The van der Waals surface area contributed by atoms with Gasteiger partial charge in [0, 0.05) is 24.1 Å². The maximum atomic E-state index is 14.2. The molecule has 8 heteroatoms. The van der Waals surface area contributed by atoms with Crippen molar-refractivity contribution in [2.24, 2.45) is 0 Å². The Kier molecular flexibility index (Phi) is 5.22. The summed E-state index contributed by atoms with van der Waals surface area (Å²) >= 11 is 0. The van der Waals surface area contributed by atoms with Crippen LogP contribution in [0.3, 0.4) is 0 Å². The van der Waals surface area contributed by atoms with Gasteiger partial charge in [-0.2, -0.15) is 0 Å². The standard InChI is InChI=1S/C24H22FN3O4/c1-14-16-8-4-9-18(25)22(16)32-21(14)24(30)28(12-15-6-5-11-31-15)13-20-26-19-10-3-2-7-17(19)23(29)27-20/h2-4,7-10,15H,5-6,11-13H2,1H3,(H,26,27,29)/t15-/m1/s1. The smallest absolute Gasteiger partial charge is 0.290 e. The number of H-pyrrole nitrogens is 1. The zero-order chi connectivity index (χ0) is 22.2. The normalized spacial score (nSPS) is 16.1. The molecular formula is C24H22FN3O4. The van der Waals surface area contributed by atoms with E-state index in [9.17, 15) is 14.0 Å². The first-order valence-corrected chi connectivity index (χ1v) is 10.6. The topological polar surface area (TPSA) is 88.4 Å². The highest BCUT2D eigenvalue weighted by Crippen LogP contribution is 2.29. The largest absolute Gasteiger partial charge is 0.448 e. The Morgan fingerprint density at radius 2 is 2.03 bits per heavy atom. The van der Waals surface area contributed by atoms with Gasteiger partial charge in [-0.3, -0.25) is 9.59 Å². The van der Waals surface area contributed by atoms with Crippen LogP contribution in [0.4, 0.5) is 4.39 Å². The molecule has 1 saturated heterocycles. The third kappa shape index (κ3) is 3.67. The van der Waals surface area contributed by atoms with Crippen LogP contribution < -0.4 is 5.56 Å². The Labute approximate surface area is 182 Å². The number of aryl methyl sites for hydroxylation is 1. The fraction of sp³-hybridized carbons (Fsp3) is 0.292. The van der Waals surface area contributed by atoms with Crippen LogP contribution in [-0.2, 0) is 11.3 Å². The van der Waals surface area contributed by atoms with Gasteiger partial charge in [0.15, 0.2) is 17.2 Å². The third-order valence-electron chi connectivity index (χ3n) is 5.85. The van der Waals surface area contributed by atoms with Crippen molar-refractivity contribution in [1.29, 1.82) is 0 Å². The number of halogens is 1. The maximum Gasteiger partial charge on any atom is 0.290 e. The van der Waals surface area contributed by atoms with Gasteiger partial charge in [-0.25, -0.2) is 9.37 Å². The molecule has 0 bridgehead atoms. The lowest BCUT2D eigenvalue weighted by Gasteiger charge is -2.24. The number of carbonyl (C=O) groups is 1. The Bertz CT molecular complexity index is 1370. The molecule has 1 amide bonds. The molecule has 0 spiro atoms. The Balaban J connectivity index is 1.52. The van der Waals surface area contributed by atoms with Crippen molar-refractivity contribution >= 4 is 27.8 Å². The number of rotatable bonds is 5. The van der Waals surface area contributed by atoms with Crippen molar-refractivity contribution in [1.82, 2.24) is 14.9 Å². The van der Waals surface area contributed by atoms with Crippen molar-refractivity contribution in [2.45, 2.75) is 32.4 Å². The van der Waals surface area contributed by atoms with Gasteiger partial charge in [0.25, 0.3) is 11.5 Å². The van der Waals surface area contributed by atoms with Gasteiger partial charge in [-0.05, 0) is 38.0 Å². The number of carbonyl (C=O) groups excluding carboxylic acids is 1. The lowest BCUT2D eigenvalue weighted by atomic mass is 10.1. The highest BCUT2D eigenvalue weighted by atomic mass is 19.1. The second-order valence-electron chi connectivity index (χ2n) is 8.02. The molecule has 0 saturated carbocycles. The van der Waals surface area contributed by atoms with Crippen LogP contribution in [0.5, 0.6) is 0 Å². The molecule has 1 aliphatic heterocycles. The van der Waals surface area contributed by atoms with E-state index in [0.29, 0.717) is 40.8 Å². The molecule has 5 rings (SSSR count). The fourth-order valence-electron chi connectivity index (χ4n) is 4.20. The molecule has 1 fully saturated rings. The number of aromatic nitrogens is 2. The van der Waals surface area contributed by atoms with E-state index in [0.717, 1.165) is 12.8 Å². The summed E-state index contributed by atoms with van der Waals surface area (Å²) in [6.07, 6.45) is 1.64. The van der Waals surface area contributed by atoms with Gasteiger partial charge in [0.2, 0.25) is 0 Å². The van der Waals surface area contributed by atoms with Crippen molar-refractivity contribution in [3.8, 4) is 0 Å². The van der Waals surface area contributed by atoms with Gasteiger partial charge < -0.3 is 19.0 Å². The number of fused-ring (bicyclic) bond motifs is 2. The van der Waals surface area contributed by atoms with E-state index in [2.05, 4.69) is 9.97 Å². The zero-order valence-corrected chi connectivity index (χ0v) is 17.6. The van der Waals surface area contributed by atoms with Gasteiger partial charge in [0.1, 0.15) is 5.82 Å². The fourth-order valence-corrected chi connectivity index (χ4v) is 4.20. The summed E-state index contributed by atoms with van der Waals surface area (Å²) in [5.41, 5.74) is 0.916. The van der Waals surface area contributed by atoms with Crippen LogP contribution in [-0.4, -0.2) is 40.0 Å². The second-order valence-corrected chi connectivity index (χ2v) is 8.02. The van der Waals surface area contributed by atoms with Crippen LogP contribution in [0.1, 0.15) is 34.8 Å². The molecule has 1 N–H and O–H groups in total. The Hall–Kier alpha value is -3.52. The summed E-state index contributed by atoms with van der Waals surface area (Å²) in [4.78, 5) is 34.9. The van der Waals surface area contributed by atoms with Crippen LogP contribution in [0.15, 0.2) is 51.7 Å². The molecule has 32 heavy (non-hydrogen) atoms. The minimum absolute atomic E-state index is 0.0580. The average Bonchev–Trinajstić information content (AvgIpc) is 3.42. The van der Waals surface area contributed by atoms with E-state index in [4.69, 9.17) is 9.15 Å². The van der Waals surface area contributed by atoms with Crippen LogP contribution in [0, 0.1) is 12.7 Å². The van der Waals surface area contributed by atoms with Crippen molar-refractivity contribution in [3.63, 3.8) is 0 Å². The second kappa shape index (κ2) is 8.20. The highest BCUT2D eigenvalue weighted by Gasteiger charge is 2.28. The molecule has 0 unspecified atom stereocenters. The third-order valence-corrected chi connectivity index (χ3v) is 5.85. The summed E-state index contributed by atoms with van der Waals surface area (Å²) in [5.74, 6) is -0.480. The zero-order valence-electron chi connectivity index (χ0n) is 17.6. The van der Waals surface area contributed by atoms with Crippen molar-refractivity contribution in [3.05, 3.63) is 75.8 Å². The SMILES string of the molecule is Cc1c(C(=O)N(Cc2nc3ccccc3c(=O)[nH]2)C[C@H]2CCCO2)oc2c(F)cccc12. The number of para-hydroxylation sites is 2. The number of nitrogens with one attached hydrogen (secondary N) is 1. The van der Waals surface area contributed by atoms with Gasteiger partial charge >= 0.3 is 0 Å². The first kappa shape index (κ1) is 20.4. The van der Waals surface area contributed by atoms with E-state index in [1.165, 1.54) is 6.07 Å². The highest BCUT2D eigenvalue weighted by molar-refractivity contribution is 5.99. The van der Waals surface area contributed by atoms with E-state index in [1.807, 2.05) is 0 Å². The van der Waals surface area contributed by atoms with Gasteiger partial charge in [-0.1, -0.05) is 24.3 Å². The maximum absolute atomic E-state index is 14.2. The summed E-state index contributed by atoms with van der Waals surface area (Å²) in [6, 6.07) is 11.6. The summed E-state index contributed by atoms with van der Waals surface area (Å²) in [5, 5.41) is 1.04. The minimum atomic E-state index is -0.518. The first-order chi connectivity index (χ1) is 15.5. The monoisotopic (exact) mass is 435 g/mol. The van der Waals surface area contributed by atoms with E-state index in [-0.39, 0.29) is 29.6 Å². The predicted octanol–water partition coefficient (Wildman–Crippen LogP) is 3.94. The van der Waals surface area contributed by atoms with Crippen molar-refractivity contribution in [2.75, 3.05) is 13.2 Å². The van der Waals surface area contributed by atoms with Crippen molar-refractivity contribution < 1.29 is 18.3 Å².